The third-order valence-corrected chi connectivity index (χ3v) is 3.21. The summed E-state index contributed by atoms with van der Waals surface area (Å²) in [7, 11) is 0.821. The van der Waals surface area contributed by atoms with E-state index in [9.17, 15) is 13.2 Å². The smallest absolute Gasteiger partial charge is 0.279 e. The van der Waals surface area contributed by atoms with Crippen molar-refractivity contribution in [1.29, 1.82) is 0 Å². The summed E-state index contributed by atoms with van der Waals surface area (Å²) in [6, 6.07) is 0. The summed E-state index contributed by atoms with van der Waals surface area (Å²) < 4.78 is 30.4. The number of nitrogens with zero attached hydrogens (tertiary/aromatic N) is 1. The average Bonchev–Trinajstić information content (AvgIpc) is 2.21. The van der Waals surface area contributed by atoms with E-state index in [4.69, 9.17) is 4.74 Å². The average molecular weight is 253 g/mol. The summed E-state index contributed by atoms with van der Waals surface area (Å²) in [6.45, 7) is 0.771. The summed E-state index contributed by atoms with van der Waals surface area (Å²) in [5.74, 6) is -0.360. The minimum atomic E-state index is -3.53. The van der Waals surface area contributed by atoms with Gasteiger partial charge in [-0.2, -0.15) is 17.4 Å². The predicted molar refractivity (Wildman–Crippen MR) is 60.1 cm³/mol. The number of rotatable bonds is 8. The summed E-state index contributed by atoms with van der Waals surface area (Å²) in [4.78, 5) is 11.2. The summed E-state index contributed by atoms with van der Waals surface area (Å²) >= 11 is 0. The van der Waals surface area contributed by atoms with Gasteiger partial charge in [-0.05, 0) is 6.42 Å². The zero-order valence-electron chi connectivity index (χ0n) is 9.82. The zero-order valence-corrected chi connectivity index (χ0v) is 10.6. The van der Waals surface area contributed by atoms with Gasteiger partial charge in [0.1, 0.15) is 0 Å². The normalized spacial score (nSPS) is 11.8. The van der Waals surface area contributed by atoms with Crippen molar-refractivity contribution < 1.29 is 17.9 Å². The second-order valence-corrected chi connectivity index (χ2v) is 5.27. The Morgan fingerprint density at radius 3 is 2.50 bits per heavy atom. The third kappa shape index (κ3) is 6.72. The number of hydrogen-bond donors (Lipinski definition) is 2. The first-order chi connectivity index (χ1) is 7.40. The maximum Gasteiger partial charge on any atom is 0.279 e. The van der Waals surface area contributed by atoms with E-state index in [1.54, 1.807) is 7.11 Å². The van der Waals surface area contributed by atoms with Gasteiger partial charge in [-0.15, -0.1) is 0 Å². The van der Waals surface area contributed by atoms with Gasteiger partial charge in [-0.1, -0.05) is 0 Å². The minimum Gasteiger partial charge on any atom is -0.385 e. The van der Waals surface area contributed by atoms with Gasteiger partial charge in [0.15, 0.2) is 0 Å². The molecule has 0 unspecified atom stereocenters. The SMILES string of the molecule is COCCCNC(=O)CNS(=O)(=O)N(C)C. The molecule has 0 aromatic carbocycles. The van der Waals surface area contributed by atoms with Crippen molar-refractivity contribution in [2.45, 2.75) is 6.42 Å². The summed E-state index contributed by atoms with van der Waals surface area (Å²) in [5, 5.41) is 2.56. The molecule has 0 spiro atoms. The fourth-order valence-electron chi connectivity index (χ4n) is 0.793. The molecular weight excluding hydrogens is 234 g/mol. The Bertz CT molecular complexity index is 302. The van der Waals surface area contributed by atoms with Gasteiger partial charge in [-0.3, -0.25) is 4.79 Å². The molecule has 0 aromatic heterocycles. The molecule has 7 nitrogen and oxygen atoms in total. The Labute approximate surface area is 96.3 Å². The van der Waals surface area contributed by atoms with Crippen molar-refractivity contribution >= 4 is 16.1 Å². The van der Waals surface area contributed by atoms with Crippen LogP contribution in [-0.2, 0) is 19.7 Å². The maximum atomic E-state index is 11.2. The van der Waals surface area contributed by atoms with E-state index < -0.39 is 10.2 Å². The number of carbonyl (C=O) groups is 1. The second kappa shape index (κ2) is 7.55. The quantitative estimate of drug-likeness (QED) is 0.517. The Balaban J connectivity index is 3.74. The highest BCUT2D eigenvalue weighted by atomic mass is 32.2. The highest BCUT2D eigenvalue weighted by Gasteiger charge is 2.13. The van der Waals surface area contributed by atoms with Crippen LogP contribution in [0.2, 0.25) is 0 Å². The van der Waals surface area contributed by atoms with Crippen molar-refractivity contribution in [2.24, 2.45) is 0 Å². The molecule has 0 bridgehead atoms. The fraction of sp³-hybridized carbons (Fsp3) is 0.875. The van der Waals surface area contributed by atoms with Crippen LogP contribution >= 0.6 is 0 Å². The largest absolute Gasteiger partial charge is 0.385 e. The first-order valence-electron chi connectivity index (χ1n) is 4.83. The van der Waals surface area contributed by atoms with Crippen LogP contribution in [0, 0.1) is 0 Å². The van der Waals surface area contributed by atoms with Gasteiger partial charge in [0, 0.05) is 34.4 Å². The van der Waals surface area contributed by atoms with Crippen LogP contribution < -0.4 is 10.0 Å². The van der Waals surface area contributed by atoms with Gasteiger partial charge in [0.05, 0.1) is 6.54 Å². The van der Waals surface area contributed by atoms with E-state index in [1.165, 1.54) is 14.1 Å². The van der Waals surface area contributed by atoms with Crippen LogP contribution in [0.3, 0.4) is 0 Å². The Kier molecular flexibility index (Phi) is 7.22. The molecule has 8 heteroatoms. The van der Waals surface area contributed by atoms with Crippen molar-refractivity contribution in [3.05, 3.63) is 0 Å². The van der Waals surface area contributed by atoms with Crippen LogP contribution in [-0.4, -0.2) is 59.5 Å². The van der Waals surface area contributed by atoms with E-state index in [2.05, 4.69) is 10.0 Å². The number of carbonyl (C=O) groups excluding carboxylic acids is 1. The molecule has 0 rings (SSSR count). The number of nitrogens with one attached hydrogen (secondary N) is 2. The fourth-order valence-corrected chi connectivity index (χ4v) is 1.36. The first kappa shape index (κ1) is 15.3. The van der Waals surface area contributed by atoms with Crippen LogP contribution in [0.1, 0.15) is 6.42 Å². The zero-order chi connectivity index (χ0) is 12.6. The van der Waals surface area contributed by atoms with Crippen molar-refractivity contribution in [1.82, 2.24) is 14.3 Å². The minimum absolute atomic E-state index is 0.256. The topological polar surface area (TPSA) is 87.7 Å². The monoisotopic (exact) mass is 253 g/mol. The number of ether oxygens (including phenoxy) is 1. The first-order valence-corrected chi connectivity index (χ1v) is 6.27. The molecule has 1 amide bonds. The van der Waals surface area contributed by atoms with Crippen molar-refractivity contribution in [2.75, 3.05) is 40.9 Å². The van der Waals surface area contributed by atoms with Gasteiger partial charge < -0.3 is 10.1 Å². The number of methoxy groups -OCH3 is 1. The Morgan fingerprint density at radius 1 is 1.38 bits per heavy atom. The lowest BCUT2D eigenvalue weighted by molar-refractivity contribution is -0.120. The van der Waals surface area contributed by atoms with E-state index in [0.29, 0.717) is 19.6 Å². The molecule has 0 aliphatic heterocycles. The van der Waals surface area contributed by atoms with E-state index in [0.717, 1.165) is 4.31 Å². The molecule has 0 saturated carbocycles. The lowest BCUT2D eigenvalue weighted by Gasteiger charge is -2.12. The van der Waals surface area contributed by atoms with E-state index in [-0.39, 0.29) is 12.5 Å². The predicted octanol–water partition coefficient (Wildman–Crippen LogP) is -1.46. The van der Waals surface area contributed by atoms with Crippen LogP contribution in [0.15, 0.2) is 0 Å². The van der Waals surface area contributed by atoms with Gasteiger partial charge >= 0.3 is 0 Å². The molecule has 0 fully saturated rings. The lowest BCUT2D eigenvalue weighted by Crippen LogP contribution is -2.42. The summed E-state index contributed by atoms with van der Waals surface area (Å²) in [5.41, 5.74) is 0. The van der Waals surface area contributed by atoms with Crippen LogP contribution in [0.25, 0.3) is 0 Å². The molecule has 0 atom stereocenters. The molecule has 0 aliphatic rings. The lowest BCUT2D eigenvalue weighted by atomic mass is 10.4. The van der Waals surface area contributed by atoms with Gasteiger partial charge in [0.2, 0.25) is 5.91 Å². The second-order valence-electron chi connectivity index (χ2n) is 3.30. The molecule has 0 aromatic rings. The molecule has 0 heterocycles. The molecule has 96 valence electrons. The van der Waals surface area contributed by atoms with Gasteiger partial charge in [-0.25, -0.2) is 0 Å². The third-order valence-electron chi connectivity index (χ3n) is 1.74. The Hall–Kier alpha value is -0.700. The molecular formula is C8H19N3O4S. The maximum absolute atomic E-state index is 11.2. The van der Waals surface area contributed by atoms with E-state index >= 15 is 0 Å². The standard InChI is InChI=1S/C8H19N3O4S/c1-11(2)16(13,14)10-7-8(12)9-5-4-6-15-3/h10H,4-7H2,1-3H3,(H,9,12). The van der Waals surface area contributed by atoms with Crippen LogP contribution in [0.5, 0.6) is 0 Å². The van der Waals surface area contributed by atoms with Gasteiger partial charge in [0.25, 0.3) is 10.2 Å². The molecule has 0 aliphatic carbocycles. The molecule has 16 heavy (non-hydrogen) atoms. The highest BCUT2D eigenvalue weighted by Crippen LogP contribution is 1.86. The van der Waals surface area contributed by atoms with E-state index in [1.807, 2.05) is 0 Å². The van der Waals surface area contributed by atoms with Crippen LogP contribution in [0.4, 0.5) is 0 Å². The number of hydrogen-bond acceptors (Lipinski definition) is 4. The number of amides is 1. The van der Waals surface area contributed by atoms with Crippen molar-refractivity contribution in [3.63, 3.8) is 0 Å². The molecule has 0 saturated heterocycles. The van der Waals surface area contributed by atoms with Crippen molar-refractivity contribution in [3.8, 4) is 0 Å². The molecule has 0 radical (unpaired) electrons. The highest BCUT2D eigenvalue weighted by molar-refractivity contribution is 7.87. The molecule has 2 N–H and O–H groups in total. The summed E-state index contributed by atoms with van der Waals surface area (Å²) in [6.07, 6.45) is 0.697. The Morgan fingerprint density at radius 2 is 2.00 bits per heavy atom.